The van der Waals surface area contributed by atoms with Crippen LogP contribution in [0.3, 0.4) is 0 Å². The molecule has 37 heavy (non-hydrogen) atoms. The van der Waals surface area contributed by atoms with Gasteiger partial charge in [-0.25, -0.2) is 8.42 Å². The highest BCUT2D eigenvalue weighted by Crippen LogP contribution is 2.40. The topological polar surface area (TPSA) is 85.4 Å². The van der Waals surface area contributed by atoms with Crippen molar-refractivity contribution in [3.63, 3.8) is 0 Å². The van der Waals surface area contributed by atoms with Crippen molar-refractivity contribution >= 4 is 15.9 Å². The summed E-state index contributed by atoms with van der Waals surface area (Å²) in [6, 6.07) is 13.1. The van der Waals surface area contributed by atoms with Crippen LogP contribution in [-0.2, 0) is 25.2 Å². The van der Waals surface area contributed by atoms with Gasteiger partial charge in [-0.2, -0.15) is 4.31 Å². The fraction of sp³-hybridized carbons (Fsp3) is 0.536. The van der Waals surface area contributed by atoms with E-state index in [9.17, 15) is 13.2 Å². The van der Waals surface area contributed by atoms with Gasteiger partial charge in [0.15, 0.2) is 0 Å². The third-order valence-corrected chi connectivity index (χ3v) is 9.85. The minimum atomic E-state index is -3.48. The van der Waals surface area contributed by atoms with E-state index in [0.29, 0.717) is 49.7 Å². The molecule has 0 saturated carbocycles. The molecule has 0 aromatic heterocycles. The summed E-state index contributed by atoms with van der Waals surface area (Å²) < 4.78 is 45.7. The van der Waals surface area contributed by atoms with Crippen LogP contribution in [0.1, 0.15) is 46.3 Å². The summed E-state index contributed by atoms with van der Waals surface area (Å²) >= 11 is 0. The summed E-state index contributed by atoms with van der Waals surface area (Å²) in [4.78, 5) is 15.0. The van der Waals surface area contributed by atoms with Gasteiger partial charge in [0.25, 0.3) is 5.91 Å². The van der Waals surface area contributed by atoms with Crippen molar-refractivity contribution in [2.45, 2.75) is 56.6 Å². The van der Waals surface area contributed by atoms with E-state index in [4.69, 9.17) is 14.2 Å². The molecule has 3 saturated heterocycles. The highest BCUT2D eigenvalue weighted by molar-refractivity contribution is 7.88. The lowest BCUT2D eigenvalue weighted by molar-refractivity contribution is -0.0643. The lowest BCUT2D eigenvalue weighted by atomic mass is 9.83. The Labute approximate surface area is 219 Å². The number of carbonyl (C=O) groups excluding carboxylic acids is 1. The first-order valence-corrected chi connectivity index (χ1v) is 14.5. The van der Waals surface area contributed by atoms with Crippen LogP contribution < -0.4 is 4.74 Å². The Balaban J connectivity index is 1.26. The van der Waals surface area contributed by atoms with E-state index in [0.717, 1.165) is 30.4 Å². The van der Waals surface area contributed by atoms with Gasteiger partial charge in [-0.15, -0.1) is 0 Å². The lowest BCUT2D eigenvalue weighted by Gasteiger charge is -2.53. The summed E-state index contributed by atoms with van der Waals surface area (Å²) in [6.07, 6.45) is 1.96. The molecule has 3 fully saturated rings. The first kappa shape index (κ1) is 26.2. The second-order valence-electron chi connectivity index (χ2n) is 10.6. The Morgan fingerprint density at radius 3 is 2.62 bits per heavy atom. The van der Waals surface area contributed by atoms with Crippen molar-refractivity contribution in [2.75, 3.05) is 40.0 Å². The number of rotatable bonds is 7. The number of aryl methyl sites for hydroxylation is 2. The number of hydrogen-bond donors (Lipinski definition) is 0. The van der Waals surface area contributed by atoms with Crippen LogP contribution in [0, 0.1) is 13.8 Å². The maximum atomic E-state index is 13.3. The zero-order chi connectivity index (χ0) is 26.2. The SMILES string of the molecule is CO[C@@H]1CN(C(=O)c2cc(C)ccc2C)C[C@H]1Oc1cccc(CS(=O)(=O)N2CCC23CCCOC3)c1. The van der Waals surface area contributed by atoms with E-state index in [2.05, 4.69) is 0 Å². The predicted octanol–water partition coefficient (Wildman–Crippen LogP) is 3.31. The zero-order valence-electron chi connectivity index (χ0n) is 21.8. The molecule has 2 aromatic carbocycles. The average molecular weight is 529 g/mol. The predicted molar refractivity (Wildman–Crippen MR) is 140 cm³/mol. The molecule has 1 spiro atoms. The molecular weight excluding hydrogens is 492 g/mol. The molecular formula is C28H36N2O6S. The molecule has 5 rings (SSSR count). The van der Waals surface area contributed by atoms with Gasteiger partial charge in [-0.05, 0) is 62.4 Å². The minimum absolute atomic E-state index is 0.0376. The fourth-order valence-corrected chi connectivity index (χ4v) is 7.69. The van der Waals surface area contributed by atoms with E-state index in [1.807, 2.05) is 50.2 Å². The fourth-order valence-electron chi connectivity index (χ4n) is 5.74. The molecule has 1 amide bonds. The number of nitrogens with zero attached hydrogens (tertiary/aromatic N) is 2. The molecule has 0 bridgehead atoms. The lowest BCUT2D eigenvalue weighted by Crippen LogP contribution is -2.65. The van der Waals surface area contributed by atoms with Gasteiger partial charge in [0.2, 0.25) is 10.0 Å². The molecule has 9 heteroatoms. The van der Waals surface area contributed by atoms with Gasteiger partial charge in [-0.3, -0.25) is 4.79 Å². The van der Waals surface area contributed by atoms with E-state index >= 15 is 0 Å². The van der Waals surface area contributed by atoms with Crippen LogP contribution in [0.25, 0.3) is 0 Å². The Hall–Kier alpha value is -2.46. The van der Waals surface area contributed by atoms with E-state index in [-0.39, 0.29) is 29.4 Å². The van der Waals surface area contributed by atoms with Crippen molar-refractivity contribution in [1.29, 1.82) is 0 Å². The normalized spacial score (nSPS) is 26.3. The number of sulfonamides is 1. The van der Waals surface area contributed by atoms with Crippen LogP contribution in [0.2, 0.25) is 0 Å². The van der Waals surface area contributed by atoms with Gasteiger partial charge in [0, 0.05) is 25.8 Å². The van der Waals surface area contributed by atoms with E-state index in [1.54, 1.807) is 22.4 Å². The number of ether oxygens (including phenoxy) is 3. The van der Waals surface area contributed by atoms with E-state index < -0.39 is 10.0 Å². The number of benzene rings is 2. The molecule has 0 aliphatic carbocycles. The average Bonchev–Trinajstić information content (AvgIpc) is 3.27. The largest absolute Gasteiger partial charge is 0.486 e. The van der Waals surface area contributed by atoms with Gasteiger partial charge in [-0.1, -0.05) is 29.8 Å². The highest BCUT2D eigenvalue weighted by Gasteiger charge is 2.51. The maximum absolute atomic E-state index is 13.3. The molecule has 3 heterocycles. The van der Waals surface area contributed by atoms with Crippen molar-refractivity contribution in [1.82, 2.24) is 9.21 Å². The summed E-state index contributed by atoms with van der Waals surface area (Å²) in [5, 5.41) is 0. The summed E-state index contributed by atoms with van der Waals surface area (Å²) in [7, 11) is -1.86. The van der Waals surface area contributed by atoms with Gasteiger partial charge in [0.1, 0.15) is 18.0 Å². The number of hydrogen-bond acceptors (Lipinski definition) is 6. The van der Waals surface area contributed by atoms with Crippen LogP contribution in [-0.4, -0.2) is 81.2 Å². The van der Waals surface area contributed by atoms with Gasteiger partial charge < -0.3 is 19.1 Å². The summed E-state index contributed by atoms with van der Waals surface area (Å²) in [6.45, 7) is 6.46. The number of carbonyl (C=O) groups is 1. The van der Waals surface area contributed by atoms with Crippen molar-refractivity contribution < 1.29 is 27.4 Å². The Bertz CT molecular complexity index is 1260. The molecule has 3 aliphatic rings. The zero-order valence-corrected chi connectivity index (χ0v) is 22.6. The molecule has 3 aliphatic heterocycles. The van der Waals surface area contributed by atoms with Crippen LogP contribution in [0.5, 0.6) is 5.75 Å². The van der Waals surface area contributed by atoms with Gasteiger partial charge >= 0.3 is 0 Å². The van der Waals surface area contributed by atoms with Crippen LogP contribution >= 0.6 is 0 Å². The molecule has 2 aromatic rings. The van der Waals surface area contributed by atoms with Crippen LogP contribution in [0.4, 0.5) is 0 Å². The molecule has 8 nitrogen and oxygen atoms in total. The second-order valence-corrected chi connectivity index (χ2v) is 12.5. The molecule has 0 radical (unpaired) electrons. The molecule has 1 unspecified atom stereocenters. The Morgan fingerprint density at radius 1 is 1.11 bits per heavy atom. The number of methoxy groups -OCH3 is 1. The highest BCUT2D eigenvalue weighted by atomic mass is 32.2. The third kappa shape index (κ3) is 5.27. The summed E-state index contributed by atoms with van der Waals surface area (Å²) in [5.74, 6) is 0.450. The Kier molecular flexibility index (Phi) is 7.33. The van der Waals surface area contributed by atoms with Crippen LogP contribution in [0.15, 0.2) is 42.5 Å². The minimum Gasteiger partial charge on any atom is -0.486 e. The van der Waals surface area contributed by atoms with Crippen molar-refractivity contribution in [2.24, 2.45) is 0 Å². The monoisotopic (exact) mass is 528 g/mol. The summed E-state index contributed by atoms with van der Waals surface area (Å²) in [5.41, 5.74) is 2.97. The standard InChI is InChI=1S/C28H36N2O6S/c1-20-8-9-21(2)24(14-20)27(31)29-16-25(34-3)26(17-29)36-23-7-4-6-22(15-23)18-37(32,33)30-12-11-28(30)10-5-13-35-19-28/h4,6-9,14-15,25-26H,5,10-13,16-19H2,1-3H3/t25-,26-,28?/m1/s1. The van der Waals surface area contributed by atoms with Gasteiger partial charge in [0.05, 0.1) is 31.0 Å². The van der Waals surface area contributed by atoms with Crippen molar-refractivity contribution in [3.8, 4) is 5.75 Å². The molecule has 3 atom stereocenters. The third-order valence-electron chi connectivity index (χ3n) is 7.91. The van der Waals surface area contributed by atoms with E-state index in [1.165, 1.54) is 0 Å². The smallest absolute Gasteiger partial charge is 0.254 e. The Morgan fingerprint density at radius 2 is 1.92 bits per heavy atom. The number of likely N-dealkylation sites (tertiary alicyclic amines) is 1. The second kappa shape index (κ2) is 10.4. The number of amides is 1. The quantitative estimate of drug-likeness (QED) is 0.548. The molecule has 200 valence electrons. The first-order chi connectivity index (χ1) is 17.7. The van der Waals surface area contributed by atoms with Crippen molar-refractivity contribution in [3.05, 3.63) is 64.7 Å². The molecule has 0 N–H and O–H groups in total. The maximum Gasteiger partial charge on any atom is 0.254 e. The first-order valence-electron chi connectivity index (χ1n) is 12.9.